The Hall–Kier alpha value is -3.01. The summed E-state index contributed by atoms with van der Waals surface area (Å²) in [4.78, 5) is 2.30. The van der Waals surface area contributed by atoms with Gasteiger partial charge in [-0.2, -0.15) is 0 Å². The van der Waals surface area contributed by atoms with Crippen LogP contribution in [0.5, 0.6) is 5.75 Å². The summed E-state index contributed by atoms with van der Waals surface area (Å²) in [7, 11) is 0. The van der Waals surface area contributed by atoms with E-state index in [9.17, 15) is 0 Å². The summed E-state index contributed by atoms with van der Waals surface area (Å²) < 4.78 is 11.7. The number of hydrogen-bond donors (Lipinski definition) is 0. The van der Waals surface area contributed by atoms with E-state index >= 15 is 0 Å². The Morgan fingerprint density at radius 3 is 2.53 bits per heavy atom. The summed E-state index contributed by atoms with van der Waals surface area (Å²) in [6.45, 7) is 8.13. The van der Waals surface area contributed by atoms with Crippen molar-refractivity contribution in [2.75, 3.05) is 18.0 Å². The van der Waals surface area contributed by atoms with Crippen LogP contribution in [0.3, 0.4) is 0 Å². The van der Waals surface area contributed by atoms with E-state index in [1.54, 1.807) is 0 Å². The summed E-state index contributed by atoms with van der Waals surface area (Å²) >= 11 is 0. The molecule has 0 aliphatic carbocycles. The van der Waals surface area contributed by atoms with Gasteiger partial charge in [-0.25, -0.2) is 0 Å². The van der Waals surface area contributed by atoms with E-state index in [1.807, 2.05) is 19.1 Å². The predicted molar refractivity (Wildman–Crippen MR) is 122 cm³/mol. The second kappa shape index (κ2) is 9.21. The Kier molecular flexibility index (Phi) is 6.22. The van der Waals surface area contributed by atoms with Gasteiger partial charge in [-0.1, -0.05) is 59.3 Å². The lowest BCUT2D eigenvalue weighted by molar-refractivity contribution is 0.222. The summed E-state index contributed by atoms with van der Waals surface area (Å²) in [5, 5.41) is 4.09. The molecule has 0 bridgehead atoms. The first-order valence-corrected chi connectivity index (χ1v) is 10.8. The zero-order valence-electron chi connectivity index (χ0n) is 18.1. The quantitative estimate of drug-likeness (QED) is 0.508. The van der Waals surface area contributed by atoms with Crippen molar-refractivity contribution in [3.63, 3.8) is 0 Å². The molecule has 3 aromatic rings. The van der Waals surface area contributed by atoms with Crippen molar-refractivity contribution in [2.45, 2.75) is 46.1 Å². The Labute approximate surface area is 179 Å². The maximum absolute atomic E-state index is 6.18. The number of aryl methyl sites for hydroxylation is 1. The molecule has 1 aliphatic rings. The molecule has 1 aliphatic heterocycles. The molecule has 0 spiro atoms. The molecular weight excluding hydrogens is 372 g/mol. The Morgan fingerprint density at radius 2 is 1.83 bits per heavy atom. The molecule has 156 valence electrons. The molecule has 4 heteroatoms. The first kappa shape index (κ1) is 20.3. The molecule has 2 heterocycles. The van der Waals surface area contributed by atoms with Crippen LogP contribution in [0.1, 0.15) is 42.1 Å². The number of hydrogen-bond acceptors (Lipinski definition) is 4. The molecule has 1 atom stereocenters. The molecule has 1 saturated heterocycles. The highest BCUT2D eigenvalue weighted by molar-refractivity contribution is 5.56. The van der Waals surface area contributed by atoms with Gasteiger partial charge < -0.3 is 14.2 Å². The van der Waals surface area contributed by atoms with Gasteiger partial charge in [0.15, 0.2) is 0 Å². The highest BCUT2D eigenvalue weighted by atomic mass is 16.5. The lowest BCUT2D eigenvalue weighted by Gasteiger charge is -2.28. The van der Waals surface area contributed by atoms with Crippen molar-refractivity contribution >= 4 is 12.0 Å². The molecule has 1 unspecified atom stereocenters. The first-order valence-electron chi connectivity index (χ1n) is 10.8. The van der Waals surface area contributed by atoms with Crippen molar-refractivity contribution in [2.24, 2.45) is 0 Å². The zero-order chi connectivity index (χ0) is 20.9. The number of anilines is 1. The van der Waals surface area contributed by atoms with Crippen LogP contribution in [0.4, 0.5) is 5.88 Å². The highest BCUT2D eigenvalue weighted by Gasteiger charge is 2.20. The maximum atomic E-state index is 6.18. The van der Waals surface area contributed by atoms with E-state index in [-0.39, 0.29) is 6.10 Å². The number of aromatic nitrogens is 1. The van der Waals surface area contributed by atoms with Gasteiger partial charge in [0.05, 0.1) is 11.8 Å². The average Bonchev–Trinajstić information content (AvgIpc) is 3.08. The van der Waals surface area contributed by atoms with E-state index < -0.39 is 0 Å². The fourth-order valence-electron chi connectivity index (χ4n) is 3.97. The second-order valence-electron chi connectivity index (χ2n) is 8.18. The van der Waals surface area contributed by atoms with Gasteiger partial charge in [0, 0.05) is 25.1 Å². The van der Waals surface area contributed by atoms with Gasteiger partial charge in [0.2, 0.25) is 5.88 Å². The number of benzene rings is 2. The van der Waals surface area contributed by atoms with Crippen molar-refractivity contribution in [1.29, 1.82) is 0 Å². The van der Waals surface area contributed by atoms with Crippen LogP contribution in [0, 0.1) is 13.8 Å². The fourth-order valence-corrected chi connectivity index (χ4v) is 3.97. The van der Waals surface area contributed by atoms with Gasteiger partial charge in [-0.05, 0) is 56.9 Å². The van der Waals surface area contributed by atoms with Gasteiger partial charge >= 0.3 is 0 Å². The van der Waals surface area contributed by atoms with Crippen LogP contribution in [0.25, 0.3) is 6.08 Å². The van der Waals surface area contributed by atoms with E-state index in [1.165, 1.54) is 16.7 Å². The summed E-state index contributed by atoms with van der Waals surface area (Å²) in [5.74, 6) is 1.85. The second-order valence-corrected chi connectivity index (χ2v) is 8.18. The molecule has 1 aromatic heterocycles. The van der Waals surface area contributed by atoms with Crippen LogP contribution in [-0.4, -0.2) is 24.4 Å². The Bertz CT molecular complexity index is 997. The Balaban J connectivity index is 1.36. The number of nitrogens with zero attached hydrogens (tertiary/aromatic N) is 2. The topological polar surface area (TPSA) is 38.5 Å². The molecule has 0 amide bonds. The number of ether oxygens (including phenoxy) is 1. The van der Waals surface area contributed by atoms with Gasteiger partial charge in [-0.3, -0.25) is 0 Å². The molecular formula is C26H30N2O2. The third-order valence-electron chi connectivity index (χ3n) is 5.76. The van der Waals surface area contributed by atoms with E-state index in [2.05, 4.69) is 72.4 Å². The maximum Gasteiger partial charge on any atom is 0.230 e. The van der Waals surface area contributed by atoms with E-state index in [4.69, 9.17) is 9.26 Å². The molecule has 0 saturated carbocycles. The molecule has 4 nitrogen and oxygen atoms in total. The first-order chi connectivity index (χ1) is 14.6. The van der Waals surface area contributed by atoms with Crippen molar-refractivity contribution < 1.29 is 9.26 Å². The minimum absolute atomic E-state index is 0.132. The van der Waals surface area contributed by atoms with Crippen molar-refractivity contribution in [1.82, 2.24) is 5.16 Å². The van der Waals surface area contributed by atoms with E-state index in [0.717, 1.165) is 55.2 Å². The van der Waals surface area contributed by atoms with Crippen molar-refractivity contribution in [3.05, 3.63) is 82.6 Å². The molecule has 30 heavy (non-hydrogen) atoms. The zero-order valence-corrected chi connectivity index (χ0v) is 18.1. The SMILES string of the molecule is Cc1noc(N2CCC(=Cc3cccc(OC(C)Cc4ccccc4)c3)CC2)c1C. The molecule has 0 radical (unpaired) electrons. The summed E-state index contributed by atoms with van der Waals surface area (Å²) in [6.07, 6.45) is 5.42. The normalized spacial score (nSPS) is 15.2. The minimum Gasteiger partial charge on any atom is -0.490 e. The third-order valence-corrected chi connectivity index (χ3v) is 5.76. The lowest BCUT2D eigenvalue weighted by Crippen LogP contribution is -2.30. The van der Waals surface area contributed by atoms with Crippen LogP contribution >= 0.6 is 0 Å². The number of rotatable bonds is 6. The largest absolute Gasteiger partial charge is 0.490 e. The minimum atomic E-state index is 0.132. The molecule has 0 N–H and O–H groups in total. The van der Waals surface area contributed by atoms with Crippen molar-refractivity contribution in [3.8, 4) is 5.75 Å². The summed E-state index contributed by atoms with van der Waals surface area (Å²) in [6, 6.07) is 18.9. The van der Waals surface area contributed by atoms with Crippen LogP contribution in [0.15, 0.2) is 64.7 Å². The van der Waals surface area contributed by atoms with Gasteiger partial charge in [0.25, 0.3) is 0 Å². The third kappa shape index (κ3) is 4.93. The standard InChI is InChI=1S/C26H30N2O2/c1-19(16-22-8-5-4-6-9-22)29-25-11-7-10-24(18-25)17-23-12-14-28(15-13-23)26-20(2)21(3)27-30-26/h4-11,17-19H,12-16H2,1-3H3. The highest BCUT2D eigenvalue weighted by Crippen LogP contribution is 2.28. The van der Waals surface area contributed by atoms with Gasteiger partial charge in [0.1, 0.15) is 5.75 Å². The fraction of sp³-hybridized carbons (Fsp3) is 0.346. The van der Waals surface area contributed by atoms with Crippen LogP contribution in [-0.2, 0) is 6.42 Å². The van der Waals surface area contributed by atoms with Gasteiger partial charge in [-0.15, -0.1) is 0 Å². The average molecular weight is 403 g/mol. The molecule has 1 fully saturated rings. The monoisotopic (exact) mass is 402 g/mol. The lowest BCUT2D eigenvalue weighted by atomic mass is 10.0. The van der Waals surface area contributed by atoms with E-state index in [0.29, 0.717) is 0 Å². The Morgan fingerprint density at radius 1 is 1.07 bits per heavy atom. The molecule has 2 aromatic carbocycles. The van der Waals surface area contributed by atoms with Crippen LogP contribution < -0.4 is 9.64 Å². The number of piperidine rings is 1. The summed E-state index contributed by atoms with van der Waals surface area (Å²) in [5.41, 5.74) is 6.10. The smallest absolute Gasteiger partial charge is 0.230 e. The molecule has 4 rings (SSSR count). The predicted octanol–water partition coefficient (Wildman–Crippen LogP) is 5.99. The van der Waals surface area contributed by atoms with Crippen LogP contribution in [0.2, 0.25) is 0 Å².